The zero-order valence-electron chi connectivity index (χ0n) is 8.79. The number of nitrogens with two attached hydrogens (primary N) is 1. The van der Waals surface area contributed by atoms with Crippen molar-refractivity contribution in [3.05, 3.63) is 10.7 Å². The van der Waals surface area contributed by atoms with Gasteiger partial charge in [0.15, 0.2) is 0 Å². The predicted octanol–water partition coefficient (Wildman–Crippen LogP) is 3.05. The summed E-state index contributed by atoms with van der Waals surface area (Å²) in [4.78, 5) is 4.54. The average molecular weight is 198 g/mol. The summed E-state index contributed by atoms with van der Waals surface area (Å²) in [5, 5.41) is 2.07. The van der Waals surface area contributed by atoms with Crippen molar-refractivity contribution >= 4 is 16.3 Å². The summed E-state index contributed by atoms with van der Waals surface area (Å²) in [6, 6.07) is 0. The molecule has 0 aliphatic carbocycles. The van der Waals surface area contributed by atoms with Gasteiger partial charge in [0.05, 0.1) is 10.7 Å². The highest BCUT2D eigenvalue weighted by molar-refractivity contribution is 7.15. The van der Waals surface area contributed by atoms with Crippen LogP contribution in [0.15, 0.2) is 0 Å². The summed E-state index contributed by atoms with van der Waals surface area (Å²) < 4.78 is 0. The molecule has 0 saturated heterocycles. The third-order valence-corrected chi connectivity index (χ3v) is 2.78. The van der Waals surface area contributed by atoms with E-state index < -0.39 is 0 Å². The minimum absolute atomic E-state index is 0.442. The maximum Gasteiger partial charge on any atom is 0.110 e. The van der Waals surface area contributed by atoms with Crippen LogP contribution in [0.4, 0.5) is 5.00 Å². The molecule has 1 aromatic heterocycles. The Morgan fingerprint density at radius 1 is 1.31 bits per heavy atom. The van der Waals surface area contributed by atoms with Crippen LogP contribution >= 0.6 is 11.3 Å². The van der Waals surface area contributed by atoms with Crippen molar-refractivity contribution in [3.63, 3.8) is 0 Å². The number of nitrogens with zero attached hydrogens (tertiary/aromatic N) is 1. The van der Waals surface area contributed by atoms with Crippen molar-refractivity contribution in [2.45, 2.75) is 40.0 Å². The number of hydrogen-bond donors (Lipinski definition) is 1. The first-order valence-corrected chi connectivity index (χ1v) is 5.57. The van der Waals surface area contributed by atoms with Gasteiger partial charge < -0.3 is 5.73 Å². The highest BCUT2D eigenvalue weighted by Crippen LogP contribution is 2.28. The number of anilines is 1. The van der Waals surface area contributed by atoms with Crippen molar-refractivity contribution < 1.29 is 0 Å². The molecule has 2 N–H and O–H groups in total. The topological polar surface area (TPSA) is 38.9 Å². The lowest BCUT2D eigenvalue weighted by Gasteiger charge is -2.00. The predicted molar refractivity (Wildman–Crippen MR) is 59.2 cm³/mol. The summed E-state index contributed by atoms with van der Waals surface area (Å²) in [7, 11) is 0. The maximum atomic E-state index is 5.87. The summed E-state index contributed by atoms with van der Waals surface area (Å²) >= 11 is 1.64. The van der Waals surface area contributed by atoms with E-state index in [2.05, 4.69) is 32.7 Å². The molecule has 0 bridgehead atoms. The van der Waals surface area contributed by atoms with Gasteiger partial charge in [-0.3, -0.25) is 0 Å². The van der Waals surface area contributed by atoms with Gasteiger partial charge in [0.1, 0.15) is 5.00 Å². The Balaban J connectivity index is 2.82. The number of thiazole rings is 1. The number of aromatic nitrogens is 1. The van der Waals surface area contributed by atoms with Crippen LogP contribution in [0, 0.1) is 5.92 Å². The van der Waals surface area contributed by atoms with E-state index in [1.165, 1.54) is 5.01 Å². The molecule has 3 heteroatoms. The van der Waals surface area contributed by atoms with Gasteiger partial charge in [-0.05, 0) is 11.8 Å². The van der Waals surface area contributed by atoms with Crippen LogP contribution in [0.3, 0.4) is 0 Å². The Morgan fingerprint density at radius 3 is 2.31 bits per heavy atom. The lowest BCUT2D eigenvalue weighted by Crippen LogP contribution is -1.95. The Morgan fingerprint density at radius 2 is 1.92 bits per heavy atom. The summed E-state index contributed by atoms with van der Waals surface area (Å²) in [6.45, 7) is 8.66. The van der Waals surface area contributed by atoms with Crippen molar-refractivity contribution in [3.8, 4) is 0 Å². The van der Waals surface area contributed by atoms with Crippen molar-refractivity contribution in [1.82, 2.24) is 4.98 Å². The third-order valence-electron chi connectivity index (χ3n) is 1.86. The molecule has 1 rings (SSSR count). The van der Waals surface area contributed by atoms with Crippen molar-refractivity contribution in [2.24, 2.45) is 5.92 Å². The standard InChI is InChI=1S/C10H18N2S/c1-6(2)5-8-12-9(7(3)4)10(11)13-8/h6-7H,5,11H2,1-4H3. The lowest BCUT2D eigenvalue weighted by atomic mass is 10.1. The first-order chi connectivity index (χ1) is 6.00. The molecular weight excluding hydrogens is 180 g/mol. The van der Waals surface area contributed by atoms with E-state index in [-0.39, 0.29) is 0 Å². The van der Waals surface area contributed by atoms with Gasteiger partial charge in [0, 0.05) is 6.42 Å². The van der Waals surface area contributed by atoms with Gasteiger partial charge in [-0.2, -0.15) is 0 Å². The van der Waals surface area contributed by atoms with Crippen LogP contribution in [0.5, 0.6) is 0 Å². The van der Waals surface area contributed by atoms with E-state index >= 15 is 0 Å². The minimum atomic E-state index is 0.442. The van der Waals surface area contributed by atoms with Crippen LogP contribution in [-0.2, 0) is 6.42 Å². The second-order valence-corrected chi connectivity index (χ2v) is 5.22. The second-order valence-electron chi connectivity index (χ2n) is 4.11. The molecule has 0 unspecified atom stereocenters. The quantitative estimate of drug-likeness (QED) is 0.810. The Hall–Kier alpha value is -0.570. The lowest BCUT2D eigenvalue weighted by molar-refractivity contribution is 0.641. The molecule has 0 aliphatic heterocycles. The first kappa shape index (κ1) is 10.5. The molecule has 0 aliphatic rings. The molecule has 0 amide bonds. The van der Waals surface area contributed by atoms with Crippen molar-refractivity contribution in [2.75, 3.05) is 5.73 Å². The summed E-state index contributed by atoms with van der Waals surface area (Å²) in [6.07, 6.45) is 1.04. The molecule has 1 heterocycles. The number of rotatable bonds is 3. The van der Waals surface area contributed by atoms with Crippen LogP contribution in [0.25, 0.3) is 0 Å². The van der Waals surface area contributed by atoms with E-state index in [9.17, 15) is 0 Å². The molecule has 0 spiro atoms. The fourth-order valence-corrected chi connectivity index (χ4v) is 2.44. The molecule has 0 aromatic carbocycles. The second kappa shape index (κ2) is 4.09. The monoisotopic (exact) mass is 198 g/mol. The molecule has 0 fully saturated rings. The van der Waals surface area contributed by atoms with Gasteiger partial charge >= 0.3 is 0 Å². The molecule has 2 nitrogen and oxygen atoms in total. The molecule has 0 saturated carbocycles. The van der Waals surface area contributed by atoms with E-state index in [1.54, 1.807) is 11.3 Å². The Bertz CT molecular complexity index is 276. The highest BCUT2D eigenvalue weighted by atomic mass is 32.1. The maximum absolute atomic E-state index is 5.87. The summed E-state index contributed by atoms with van der Waals surface area (Å²) in [5.41, 5.74) is 6.94. The molecular formula is C10H18N2S. The van der Waals surface area contributed by atoms with E-state index in [0.29, 0.717) is 11.8 Å². The molecule has 0 radical (unpaired) electrons. The van der Waals surface area contributed by atoms with Crippen LogP contribution < -0.4 is 5.73 Å². The van der Waals surface area contributed by atoms with Crippen molar-refractivity contribution in [1.29, 1.82) is 0 Å². The van der Waals surface area contributed by atoms with E-state index in [0.717, 1.165) is 17.1 Å². The molecule has 1 aromatic rings. The smallest absolute Gasteiger partial charge is 0.110 e. The Kier molecular flexibility index (Phi) is 3.31. The normalized spacial score (nSPS) is 11.5. The Labute approximate surface area is 84.2 Å². The SMILES string of the molecule is CC(C)Cc1nc(C(C)C)c(N)s1. The van der Waals surface area contributed by atoms with E-state index in [4.69, 9.17) is 5.73 Å². The van der Waals surface area contributed by atoms with E-state index in [1.807, 2.05) is 0 Å². The van der Waals surface area contributed by atoms with Gasteiger partial charge in [-0.25, -0.2) is 4.98 Å². The fourth-order valence-electron chi connectivity index (χ4n) is 1.24. The van der Waals surface area contributed by atoms with Crippen LogP contribution in [0.1, 0.15) is 44.3 Å². The van der Waals surface area contributed by atoms with Crippen LogP contribution in [0.2, 0.25) is 0 Å². The largest absolute Gasteiger partial charge is 0.389 e. The molecule has 0 atom stereocenters. The van der Waals surface area contributed by atoms with Crippen LogP contribution in [-0.4, -0.2) is 4.98 Å². The highest BCUT2D eigenvalue weighted by Gasteiger charge is 2.11. The van der Waals surface area contributed by atoms with Gasteiger partial charge in [-0.1, -0.05) is 27.7 Å². The van der Waals surface area contributed by atoms with Gasteiger partial charge in [0.2, 0.25) is 0 Å². The zero-order valence-corrected chi connectivity index (χ0v) is 9.61. The first-order valence-electron chi connectivity index (χ1n) is 4.75. The molecule has 74 valence electrons. The fraction of sp³-hybridized carbons (Fsp3) is 0.700. The zero-order chi connectivity index (χ0) is 10.0. The number of nitrogen functional groups attached to an aromatic ring is 1. The third kappa shape index (κ3) is 2.69. The van der Waals surface area contributed by atoms with Gasteiger partial charge in [0.25, 0.3) is 0 Å². The average Bonchev–Trinajstić information content (AvgIpc) is 2.29. The minimum Gasteiger partial charge on any atom is -0.389 e. The molecule has 13 heavy (non-hydrogen) atoms. The van der Waals surface area contributed by atoms with Gasteiger partial charge in [-0.15, -0.1) is 11.3 Å². The number of hydrogen-bond acceptors (Lipinski definition) is 3. The summed E-state index contributed by atoms with van der Waals surface area (Å²) in [5.74, 6) is 1.10.